The minimum atomic E-state index is -1.22. The van der Waals surface area contributed by atoms with E-state index in [4.69, 9.17) is 9.47 Å². The number of anilines is 1. The van der Waals surface area contributed by atoms with E-state index in [2.05, 4.69) is 0 Å². The Balaban J connectivity index is 1.54. The van der Waals surface area contributed by atoms with Crippen molar-refractivity contribution in [1.82, 2.24) is 4.90 Å². The number of aromatic hydroxyl groups is 1. The summed E-state index contributed by atoms with van der Waals surface area (Å²) in [6, 6.07) is 17.0. The second kappa shape index (κ2) is 8.70. The van der Waals surface area contributed by atoms with Gasteiger partial charge in [-0.3, -0.25) is 9.69 Å². The second-order valence-electron chi connectivity index (χ2n) is 8.30. The summed E-state index contributed by atoms with van der Waals surface area (Å²) < 4.78 is 24.8. The van der Waals surface area contributed by atoms with Gasteiger partial charge in [0.1, 0.15) is 23.4 Å². The molecular weight excluding hydrogens is 439 g/mol. The van der Waals surface area contributed by atoms with Crippen LogP contribution in [-0.2, 0) is 22.5 Å². The monoisotopic (exact) mass is 462 g/mol. The van der Waals surface area contributed by atoms with E-state index in [0.717, 1.165) is 5.56 Å². The molecule has 2 heterocycles. The van der Waals surface area contributed by atoms with E-state index < -0.39 is 24.1 Å². The van der Waals surface area contributed by atoms with E-state index >= 15 is 0 Å². The summed E-state index contributed by atoms with van der Waals surface area (Å²) in [5, 5.41) is 10.8. The second-order valence-corrected chi connectivity index (χ2v) is 8.30. The van der Waals surface area contributed by atoms with Gasteiger partial charge in [0.05, 0.1) is 12.8 Å². The van der Waals surface area contributed by atoms with Crippen molar-refractivity contribution in [2.24, 2.45) is 0 Å². The van der Waals surface area contributed by atoms with E-state index in [-0.39, 0.29) is 17.3 Å². The minimum absolute atomic E-state index is 0.161. The number of phenolic OH excluding ortho intramolecular Hbond substituents is 1. The van der Waals surface area contributed by atoms with Crippen molar-refractivity contribution >= 4 is 17.7 Å². The van der Waals surface area contributed by atoms with Gasteiger partial charge in [0, 0.05) is 24.7 Å². The molecule has 0 saturated carbocycles. The molecule has 2 amide bonds. The molecule has 7 nitrogen and oxygen atoms in total. The molecule has 2 aliphatic heterocycles. The van der Waals surface area contributed by atoms with Gasteiger partial charge in [0.15, 0.2) is 0 Å². The van der Waals surface area contributed by atoms with E-state index in [1.54, 1.807) is 23.1 Å². The summed E-state index contributed by atoms with van der Waals surface area (Å²) in [6.07, 6.45) is -1.32. The third-order valence-corrected chi connectivity index (χ3v) is 6.32. The van der Waals surface area contributed by atoms with Crippen LogP contribution in [0.3, 0.4) is 0 Å². The van der Waals surface area contributed by atoms with Crippen LogP contribution in [0, 0.1) is 5.82 Å². The molecule has 0 aromatic heterocycles. The third kappa shape index (κ3) is 3.81. The van der Waals surface area contributed by atoms with Crippen LogP contribution in [-0.4, -0.2) is 41.8 Å². The zero-order valence-corrected chi connectivity index (χ0v) is 18.5. The molecule has 3 aromatic carbocycles. The van der Waals surface area contributed by atoms with Gasteiger partial charge in [-0.1, -0.05) is 30.3 Å². The molecule has 8 heteroatoms. The number of hydrogen-bond donors (Lipinski definition) is 1. The normalized spacial score (nSPS) is 19.5. The van der Waals surface area contributed by atoms with Crippen LogP contribution in [0.4, 0.5) is 14.9 Å². The fourth-order valence-electron chi connectivity index (χ4n) is 4.62. The highest BCUT2D eigenvalue weighted by molar-refractivity contribution is 5.97. The van der Waals surface area contributed by atoms with Gasteiger partial charge in [-0.25, -0.2) is 9.18 Å². The SMILES string of the molecule is COc1ccc([C@@H]2[C@@H](C(=O)N3CCc4ccccc4C3)OC(=O)N2c2cccc(F)c2)c(O)c1. The maximum absolute atomic E-state index is 14.0. The number of rotatable bonds is 4. The number of benzene rings is 3. The smallest absolute Gasteiger partial charge is 0.415 e. The van der Waals surface area contributed by atoms with E-state index in [0.29, 0.717) is 30.8 Å². The standard InChI is InChI=1S/C26H23FN2O5/c1-33-20-9-10-21(22(30)14-20)23-24(34-26(32)29(23)19-8-4-7-18(27)13-19)25(31)28-12-11-16-5-2-3-6-17(16)15-28/h2-10,13-14,23-24,30H,11-12,15H2,1H3/t23-,24+/m1/s1. The van der Waals surface area contributed by atoms with Crippen molar-refractivity contribution < 1.29 is 28.6 Å². The fraction of sp³-hybridized carbons (Fsp3) is 0.231. The molecule has 0 aliphatic carbocycles. The largest absolute Gasteiger partial charge is 0.507 e. The molecule has 1 fully saturated rings. The molecule has 1 N–H and O–H groups in total. The summed E-state index contributed by atoms with van der Waals surface area (Å²) in [4.78, 5) is 29.5. The number of fused-ring (bicyclic) bond motifs is 1. The van der Waals surface area contributed by atoms with Crippen molar-refractivity contribution in [1.29, 1.82) is 0 Å². The minimum Gasteiger partial charge on any atom is -0.507 e. The van der Waals surface area contributed by atoms with Gasteiger partial charge in [0.2, 0.25) is 6.10 Å². The first-order chi connectivity index (χ1) is 16.5. The third-order valence-electron chi connectivity index (χ3n) is 6.32. The van der Waals surface area contributed by atoms with E-state index in [1.807, 2.05) is 24.3 Å². The Morgan fingerprint density at radius 1 is 1.09 bits per heavy atom. The number of phenols is 1. The predicted octanol–water partition coefficient (Wildman–Crippen LogP) is 4.19. The lowest BCUT2D eigenvalue weighted by atomic mass is 9.95. The summed E-state index contributed by atoms with van der Waals surface area (Å²) in [5.41, 5.74) is 2.74. The average molecular weight is 462 g/mol. The van der Waals surface area contributed by atoms with E-state index in [9.17, 15) is 19.1 Å². The molecule has 0 bridgehead atoms. The number of carbonyl (C=O) groups excluding carboxylic acids is 2. The summed E-state index contributed by atoms with van der Waals surface area (Å²) in [5.74, 6) is -0.655. The highest BCUT2D eigenvalue weighted by Crippen LogP contribution is 2.42. The Kier molecular flexibility index (Phi) is 5.57. The first-order valence-corrected chi connectivity index (χ1v) is 10.9. The Morgan fingerprint density at radius 3 is 2.62 bits per heavy atom. The Hall–Kier alpha value is -4.07. The molecule has 0 unspecified atom stereocenters. The first-order valence-electron chi connectivity index (χ1n) is 10.9. The van der Waals surface area contributed by atoms with Gasteiger partial charge in [0.25, 0.3) is 5.91 Å². The van der Waals surface area contributed by atoms with Crippen LogP contribution in [0.1, 0.15) is 22.7 Å². The van der Waals surface area contributed by atoms with Crippen molar-refractivity contribution in [3.63, 3.8) is 0 Å². The summed E-state index contributed by atoms with van der Waals surface area (Å²) in [6.45, 7) is 0.871. The van der Waals surface area contributed by atoms with Gasteiger partial charge < -0.3 is 19.5 Å². The zero-order chi connectivity index (χ0) is 23.8. The van der Waals surface area contributed by atoms with Gasteiger partial charge in [-0.05, 0) is 47.9 Å². The molecule has 0 radical (unpaired) electrons. The number of nitrogens with zero attached hydrogens (tertiary/aromatic N) is 2. The lowest BCUT2D eigenvalue weighted by Gasteiger charge is -2.32. The van der Waals surface area contributed by atoms with Crippen LogP contribution in [0.2, 0.25) is 0 Å². The number of hydrogen-bond acceptors (Lipinski definition) is 5. The molecule has 3 aromatic rings. The maximum atomic E-state index is 14.0. The van der Waals surface area contributed by atoms with Crippen molar-refractivity contribution in [2.45, 2.75) is 25.1 Å². The fourth-order valence-corrected chi connectivity index (χ4v) is 4.62. The molecule has 1 saturated heterocycles. The van der Waals surface area contributed by atoms with Crippen LogP contribution in [0.15, 0.2) is 66.7 Å². The maximum Gasteiger partial charge on any atom is 0.415 e. The van der Waals surface area contributed by atoms with Crippen LogP contribution < -0.4 is 9.64 Å². The molecule has 2 aliphatic rings. The molecule has 2 atom stereocenters. The molecule has 34 heavy (non-hydrogen) atoms. The van der Waals surface area contributed by atoms with Crippen LogP contribution >= 0.6 is 0 Å². The van der Waals surface area contributed by atoms with Crippen molar-refractivity contribution in [2.75, 3.05) is 18.6 Å². The number of methoxy groups -OCH3 is 1. The Bertz CT molecular complexity index is 1260. The number of carbonyl (C=O) groups is 2. The highest BCUT2D eigenvalue weighted by Gasteiger charge is 2.50. The number of ether oxygens (including phenoxy) is 2. The quantitative estimate of drug-likeness (QED) is 0.629. The average Bonchev–Trinajstić information content (AvgIpc) is 3.19. The first kappa shape index (κ1) is 21.8. The number of amides is 2. The summed E-state index contributed by atoms with van der Waals surface area (Å²) >= 11 is 0. The summed E-state index contributed by atoms with van der Waals surface area (Å²) in [7, 11) is 1.47. The Morgan fingerprint density at radius 2 is 1.88 bits per heavy atom. The highest BCUT2D eigenvalue weighted by atomic mass is 19.1. The lowest BCUT2D eigenvalue weighted by molar-refractivity contribution is -0.140. The Labute approximate surface area is 195 Å². The molecule has 0 spiro atoms. The zero-order valence-electron chi connectivity index (χ0n) is 18.5. The molecular formula is C26H23FN2O5. The van der Waals surface area contributed by atoms with Gasteiger partial charge >= 0.3 is 6.09 Å². The number of cyclic esters (lactones) is 1. The predicted molar refractivity (Wildman–Crippen MR) is 122 cm³/mol. The topological polar surface area (TPSA) is 79.3 Å². The molecule has 5 rings (SSSR count). The van der Waals surface area contributed by atoms with Crippen molar-refractivity contribution in [3.05, 3.63) is 89.2 Å². The van der Waals surface area contributed by atoms with Crippen LogP contribution in [0.25, 0.3) is 0 Å². The lowest BCUT2D eigenvalue weighted by Crippen LogP contribution is -2.44. The number of halogens is 1. The van der Waals surface area contributed by atoms with Gasteiger partial charge in [-0.2, -0.15) is 0 Å². The molecule has 174 valence electrons. The van der Waals surface area contributed by atoms with Crippen LogP contribution in [0.5, 0.6) is 11.5 Å². The van der Waals surface area contributed by atoms with Crippen molar-refractivity contribution in [3.8, 4) is 11.5 Å². The van der Waals surface area contributed by atoms with Gasteiger partial charge in [-0.15, -0.1) is 0 Å². The van der Waals surface area contributed by atoms with E-state index in [1.165, 1.54) is 41.8 Å².